The molecule has 0 spiro atoms. The minimum Gasteiger partial charge on any atom is -0.369 e. The van der Waals surface area contributed by atoms with Gasteiger partial charge in [0.2, 0.25) is 0 Å². The molecule has 0 aromatic heterocycles. The normalized spacial score (nSPS) is 17.3. The summed E-state index contributed by atoms with van der Waals surface area (Å²) in [6.07, 6.45) is 5.37. The number of piperazine rings is 1. The molecule has 0 amide bonds. The van der Waals surface area contributed by atoms with Crippen molar-refractivity contribution >= 4 is 5.69 Å². The zero-order chi connectivity index (χ0) is 18.4. The number of hydrogen-bond acceptors (Lipinski definition) is 2. The maximum absolute atomic E-state index is 13.7. The first-order chi connectivity index (χ1) is 11.9. The van der Waals surface area contributed by atoms with E-state index in [0.29, 0.717) is 0 Å². The van der Waals surface area contributed by atoms with Crippen molar-refractivity contribution in [2.24, 2.45) is 11.8 Å². The average molecular weight is 349 g/mol. The van der Waals surface area contributed by atoms with Gasteiger partial charge in [-0.2, -0.15) is 0 Å². The van der Waals surface area contributed by atoms with Crippen molar-refractivity contribution in [1.29, 1.82) is 0 Å². The first kappa shape index (κ1) is 20.2. The highest BCUT2D eigenvalue weighted by molar-refractivity contribution is 5.55. The van der Waals surface area contributed by atoms with Gasteiger partial charge < -0.3 is 4.90 Å². The summed E-state index contributed by atoms with van der Waals surface area (Å²) in [5.41, 5.74) is 3.01. The number of benzene rings is 1. The molecule has 0 bridgehead atoms. The number of aryl methyl sites for hydroxylation is 2. The first-order valence-corrected chi connectivity index (χ1v) is 10.1. The van der Waals surface area contributed by atoms with E-state index in [2.05, 4.69) is 30.6 Å². The van der Waals surface area contributed by atoms with Crippen LogP contribution in [0.1, 0.15) is 57.6 Å². The summed E-state index contributed by atoms with van der Waals surface area (Å²) in [5, 5.41) is 0. The zero-order valence-electron chi connectivity index (χ0n) is 16.9. The number of rotatable bonds is 8. The maximum atomic E-state index is 13.7. The molecule has 1 aromatic rings. The average Bonchev–Trinajstić information content (AvgIpc) is 2.59. The Morgan fingerprint density at radius 3 is 2.24 bits per heavy atom. The molecule has 25 heavy (non-hydrogen) atoms. The van der Waals surface area contributed by atoms with Gasteiger partial charge in [0, 0.05) is 31.9 Å². The Morgan fingerprint density at radius 2 is 1.64 bits per heavy atom. The highest BCUT2D eigenvalue weighted by Gasteiger charge is 2.20. The van der Waals surface area contributed by atoms with Gasteiger partial charge in [0.25, 0.3) is 0 Å². The molecule has 1 heterocycles. The molecule has 0 radical (unpaired) electrons. The summed E-state index contributed by atoms with van der Waals surface area (Å²) < 4.78 is 13.7. The predicted octanol–water partition coefficient (Wildman–Crippen LogP) is 5.42. The third kappa shape index (κ3) is 5.99. The molecule has 1 atom stereocenters. The van der Waals surface area contributed by atoms with Crippen molar-refractivity contribution in [3.8, 4) is 0 Å². The highest BCUT2D eigenvalue weighted by Crippen LogP contribution is 2.25. The van der Waals surface area contributed by atoms with Crippen LogP contribution in [0, 0.1) is 31.5 Å². The van der Waals surface area contributed by atoms with E-state index in [1.54, 1.807) is 6.07 Å². The fourth-order valence-corrected chi connectivity index (χ4v) is 3.81. The Kier molecular flexibility index (Phi) is 7.74. The van der Waals surface area contributed by atoms with E-state index < -0.39 is 0 Å². The van der Waals surface area contributed by atoms with Crippen LogP contribution in [0.5, 0.6) is 0 Å². The fourth-order valence-electron chi connectivity index (χ4n) is 3.81. The first-order valence-electron chi connectivity index (χ1n) is 10.1. The summed E-state index contributed by atoms with van der Waals surface area (Å²) in [6, 6.07) is 3.69. The predicted molar refractivity (Wildman–Crippen MR) is 107 cm³/mol. The van der Waals surface area contributed by atoms with Crippen LogP contribution in [-0.2, 0) is 0 Å². The van der Waals surface area contributed by atoms with Gasteiger partial charge in [-0.3, -0.25) is 4.90 Å². The second-order valence-corrected chi connectivity index (χ2v) is 8.25. The van der Waals surface area contributed by atoms with Crippen LogP contribution in [0.15, 0.2) is 12.1 Å². The Labute approximate surface area is 154 Å². The summed E-state index contributed by atoms with van der Waals surface area (Å²) in [6.45, 7) is 16.4. The van der Waals surface area contributed by atoms with Gasteiger partial charge in [-0.15, -0.1) is 0 Å². The molecule has 0 unspecified atom stereocenters. The van der Waals surface area contributed by atoms with Gasteiger partial charge in [0.15, 0.2) is 0 Å². The number of halogens is 1. The molecule has 3 heteroatoms. The van der Waals surface area contributed by atoms with Crippen LogP contribution in [0.3, 0.4) is 0 Å². The quantitative estimate of drug-likeness (QED) is 0.619. The molecule has 0 saturated carbocycles. The minimum absolute atomic E-state index is 0.0908. The van der Waals surface area contributed by atoms with Crippen molar-refractivity contribution in [3.63, 3.8) is 0 Å². The summed E-state index contributed by atoms with van der Waals surface area (Å²) in [4.78, 5) is 5.04. The Hall–Kier alpha value is -1.09. The molecular formula is C22H37FN2. The zero-order valence-corrected chi connectivity index (χ0v) is 16.9. The molecule has 2 nitrogen and oxygen atoms in total. The second-order valence-electron chi connectivity index (χ2n) is 8.25. The van der Waals surface area contributed by atoms with Crippen LogP contribution in [-0.4, -0.2) is 37.6 Å². The van der Waals surface area contributed by atoms with Crippen LogP contribution in [0.2, 0.25) is 0 Å². The van der Waals surface area contributed by atoms with Gasteiger partial charge in [-0.25, -0.2) is 4.39 Å². The molecule has 1 saturated heterocycles. The Bertz CT molecular complexity index is 533. The van der Waals surface area contributed by atoms with E-state index >= 15 is 0 Å². The molecule has 1 aliphatic heterocycles. The Balaban J connectivity index is 1.80. The molecule has 1 fully saturated rings. The molecule has 0 N–H and O–H groups in total. The van der Waals surface area contributed by atoms with Crippen LogP contribution >= 0.6 is 0 Å². The van der Waals surface area contributed by atoms with Gasteiger partial charge in [0.05, 0.1) is 0 Å². The highest BCUT2D eigenvalue weighted by atomic mass is 19.1. The topological polar surface area (TPSA) is 6.48 Å². The lowest BCUT2D eigenvalue weighted by molar-refractivity contribution is 0.230. The van der Waals surface area contributed by atoms with Crippen molar-refractivity contribution in [3.05, 3.63) is 29.1 Å². The van der Waals surface area contributed by atoms with E-state index in [0.717, 1.165) is 49.1 Å². The van der Waals surface area contributed by atoms with Crippen molar-refractivity contribution < 1.29 is 4.39 Å². The maximum Gasteiger partial charge on any atom is 0.126 e. The number of anilines is 1. The monoisotopic (exact) mass is 348 g/mol. The SMILES string of the molecule is CC[C@H](CCC(C)C)CCN1CCN(c2cc(C)c(F)cc2C)CC1. The van der Waals surface area contributed by atoms with Crippen molar-refractivity contribution in [2.45, 2.75) is 60.3 Å². The third-order valence-electron chi connectivity index (χ3n) is 5.77. The summed E-state index contributed by atoms with van der Waals surface area (Å²) in [7, 11) is 0. The molecule has 1 aromatic carbocycles. The van der Waals surface area contributed by atoms with Crippen LogP contribution in [0.25, 0.3) is 0 Å². The second kappa shape index (κ2) is 9.56. The minimum atomic E-state index is -0.0908. The van der Waals surface area contributed by atoms with Crippen LogP contribution < -0.4 is 4.90 Å². The lowest BCUT2D eigenvalue weighted by Gasteiger charge is -2.37. The molecular weight excluding hydrogens is 311 g/mol. The smallest absolute Gasteiger partial charge is 0.126 e. The molecule has 0 aliphatic carbocycles. The third-order valence-corrected chi connectivity index (χ3v) is 5.77. The molecule has 1 aliphatic rings. The molecule has 142 valence electrons. The standard InChI is InChI=1S/C22H37FN2/c1-6-20(8-7-17(2)3)9-10-24-11-13-25(14-12-24)22-16-18(4)21(23)15-19(22)5/h15-17,20H,6-14H2,1-5H3/t20-/m1/s1. The number of nitrogens with zero attached hydrogens (tertiary/aromatic N) is 2. The van der Waals surface area contributed by atoms with E-state index in [4.69, 9.17) is 0 Å². The van der Waals surface area contributed by atoms with Crippen molar-refractivity contribution in [2.75, 3.05) is 37.6 Å². The van der Waals surface area contributed by atoms with Gasteiger partial charge in [-0.1, -0.05) is 40.0 Å². The van der Waals surface area contributed by atoms with Crippen LogP contribution in [0.4, 0.5) is 10.1 Å². The summed E-state index contributed by atoms with van der Waals surface area (Å²) >= 11 is 0. The van der Waals surface area contributed by atoms with Gasteiger partial charge in [-0.05, 0) is 61.9 Å². The summed E-state index contributed by atoms with van der Waals surface area (Å²) in [5.74, 6) is 1.61. The van der Waals surface area contributed by atoms with E-state index in [1.807, 2.05) is 19.9 Å². The fraction of sp³-hybridized carbons (Fsp3) is 0.727. The lowest BCUT2D eigenvalue weighted by Crippen LogP contribution is -2.47. The molecule has 2 rings (SSSR count). The van der Waals surface area contributed by atoms with E-state index in [1.165, 1.54) is 37.9 Å². The van der Waals surface area contributed by atoms with Gasteiger partial charge in [0.1, 0.15) is 5.82 Å². The number of hydrogen-bond donors (Lipinski definition) is 0. The lowest BCUT2D eigenvalue weighted by atomic mass is 9.93. The van der Waals surface area contributed by atoms with Crippen molar-refractivity contribution in [1.82, 2.24) is 4.90 Å². The largest absolute Gasteiger partial charge is 0.369 e. The van der Waals surface area contributed by atoms with E-state index in [-0.39, 0.29) is 5.82 Å². The Morgan fingerprint density at radius 1 is 0.960 bits per heavy atom. The van der Waals surface area contributed by atoms with Gasteiger partial charge >= 0.3 is 0 Å². The van der Waals surface area contributed by atoms with E-state index in [9.17, 15) is 4.39 Å².